The van der Waals surface area contributed by atoms with Crippen LogP contribution in [0.25, 0.3) is 0 Å². The number of aliphatic hydroxyl groups is 1. The van der Waals surface area contributed by atoms with Gasteiger partial charge in [0.2, 0.25) is 0 Å². The quantitative estimate of drug-likeness (QED) is 0.0222. The molecular formula is C75H146O17P2. The molecule has 0 bridgehead atoms. The fourth-order valence-corrected chi connectivity index (χ4v) is 13.1. The smallest absolute Gasteiger partial charge is 0.462 e. The van der Waals surface area contributed by atoms with Gasteiger partial charge in [0.05, 0.1) is 26.4 Å². The number of phosphoric acid groups is 2. The molecule has 0 aliphatic heterocycles. The molecule has 19 heteroatoms. The summed E-state index contributed by atoms with van der Waals surface area (Å²) in [5.41, 5.74) is 0. The van der Waals surface area contributed by atoms with Crippen molar-refractivity contribution in [3.63, 3.8) is 0 Å². The summed E-state index contributed by atoms with van der Waals surface area (Å²) < 4.78 is 68.4. The molecule has 0 spiro atoms. The minimum Gasteiger partial charge on any atom is -0.462 e. The van der Waals surface area contributed by atoms with Crippen molar-refractivity contribution in [1.29, 1.82) is 0 Å². The highest BCUT2D eigenvalue weighted by Crippen LogP contribution is 2.45. The van der Waals surface area contributed by atoms with Crippen molar-refractivity contribution in [2.75, 3.05) is 39.6 Å². The van der Waals surface area contributed by atoms with Crippen LogP contribution in [0.5, 0.6) is 0 Å². The van der Waals surface area contributed by atoms with Crippen molar-refractivity contribution in [1.82, 2.24) is 0 Å². The first-order valence-electron chi connectivity index (χ1n) is 39.2. The number of rotatable bonds is 75. The van der Waals surface area contributed by atoms with Crippen LogP contribution in [0.4, 0.5) is 0 Å². The van der Waals surface area contributed by atoms with Gasteiger partial charge in [0.25, 0.3) is 0 Å². The molecule has 0 saturated heterocycles. The zero-order valence-corrected chi connectivity index (χ0v) is 62.9. The molecule has 0 rings (SSSR count). The van der Waals surface area contributed by atoms with Gasteiger partial charge in [0, 0.05) is 25.7 Å². The van der Waals surface area contributed by atoms with Crippen molar-refractivity contribution < 1.29 is 80.2 Å². The van der Waals surface area contributed by atoms with E-state index in [0.717, 1.165) is 95.8 Å². The number of ether oxygens (including phenoxy) is 4. The first-order valence-corrected chi connectivity index (χ1v) is 42.2. The lowest BCUT2D eigenvalue weighted by atomic mass is 9.99. The average molecular weight is 1380 g/mol. The minimum atomic E-state index is -4.95. The summed E-state index contributed by atoms with van der Waals surface area (Å²) in [6, 6.07) is 0. The lowest BCUT2D eigenvalue weighted by molar-refractivity contribution is -0.161. The highest BCUT2D eigenvalue weighted by molar-refractivity contribution is 7.47. The average Bonchev–Trinajstić information content (AvgIpc) is 2.22. The SMILES string of the molecule is CCCCCCCCCCCCCCCC(=O)OC[C@H](COP(=O)(O)OC[C@@H](O)COP(=O)(O)OC[C@@H](COC(=O)CCCCCCCCCCC)OC(=O)CCCCCCCCCCCC)OC(=O)CCCCCCCCCCCCCCCCCCCCC(C)CC. The number of esters is 4. The third-order valence-electron chi connectivity index (χ3n) is 17.9. The largest absolute Gasteiger partial charge is 0.472 e. The molecular weight excluding hydrogens is 1230 g/mol. The van der Waals surface area contributed by atoms with Gasteiger partial charge in [-0.25, -0.2) is 9.13 Å². The second kappa shape index (κ2) is 68.2. The van der Waals surface area contributed by atoms with Gasteiger partial charge in [0.15, 0.2) is 12.2 Å². The Morgan fingerprint density at radius 1 is 0.298 bits per heavy atom. The van der Waals surface area contributed by atoms with Crippen LogP contribution in [0.1, 0.15) is 394 Å². The number of hydrogen-bond donors (Lipinski definition) is 3. The first-order chi connectivity index (χ1) is 45.6. The summed E-state index contributed by atoms with van der Waals surface area (Å²) in [6.45, 7) is 7.32. The van der Waals surface area contributed by atoms with Crippen LogP contribution in [0.3, 0.4) is 0 Å². The molecule has 0 aromatic rings. The number of carbonyl (C=O) groups is 4. The zero-order chi connectivity index (χ0) is 69.1. The molecule has 0 amide bonds. The number of aliphatic hydroxyl groups excluding tert-OH is 1. The molecule has 17 nitrogen and oxygen atoms in total. The predicted octanol–water partition coefficient (Wildman–Crippen LogP) is 22.1. The summed E-state index contributed by atoms with van der Waals surface area (Å²) in [5.74, 6) is -1.25. The summed E-state index contributed by atoms with van der Waals surface area (Å²) >= 11 is 0. The Labute approximate surface area is 575 Å². The Balaban J connectivity index is 5.16. The van der Waals surface area contributed by atoms with E-state index in [4.69, 9.17) is 37.0 Å². The lowest BCUT2D eigenvalue weighted by Crippen LogP contribution is -2.30. The summed E-state index contributed by atoms with van der Waals surface area (Å²) in [4.78, 5) is 72.6. The van der Waals surface area contributed by atoms with Gasteiger partial charge in [-0.2, -0.15) is 0 Å². The van der Waals surface area contributed by atoms with Gasteiger partial charge in [0.1, 0.15) is 19.3 Å². The van der Waals surface area contributed by atoms with Gasteiger partial charge >= 0.3 is 39.5 Å². The van der Waals surface area contributed by atoms with Crippen molar-refractivity contribution in [2.45, 2.75) is 412 Å². The van der Waals surface area contributed by atoms with Crippen LogP contribution >= 0.6 is 15.6 Å². The number of unbranched alkanes of at least 4 members (excludes halogenated alkanes) is 46. The number of carbonyl (C=O) groups excluding carboxylic acids is 4. The van der Waals surface area contributed by atoms with Gasteiger partial charge in [-0.3, -0.25) is 37.3 Å². The minimum absolute atomic E-state index is 0.107. The van der Waals surface area contributed by atoms with Gasteiger partial charge in [-0.15, -0.1) is 0 Å². The lowest BCUT2D eigenvalue weighted by Gasteiger charge is -2.21. The van der Waals surface area contributed by atoms with Gasteiger partial charge in [-0.1, -0.05) is 343 Å². The summed E-state index contributed by atoms with van der Waals surface area (Å²) in [7, 11) is -9.90. The first kappa shape index (κ1) is 92.1. The molecule has 3 N–H and O–H groups in total. The maximum atomic E-state index is 13.1. The Bertz CT molecular complexity index is 1810. The Morgan fingerprint density at radius 3 is 0.755 bits per heavy atom. The van der Waals surface area contributed by atoms with E-state index in [1.807, 2.05) is 0 Å². The van der Waals surface area contributed by atoms with E-state index < -0.39 is 97.5 Å². The predicted molar refractivity (Wildman–Crippen MR) is 382 cm³/mol. The monoisotopic (exact) mass is 1380 g/mol. The standard InChI is InChI=1S/C75H146O17P2/c1-6-10-13-16-19-22-24-31-35-40-44-49-54-59-73(78)86-65-71(92-75(80)61-56-51-46-41-36-33-30-28-26-25-27-29-32-34-38-42-47-52-57-68(5)9-4)67-90-94(83,84)88-63-69(76)62-87-93(81,82)89-66-70(64-85-72(77)58-53-48-43-37-21-18-15-12-8-3)91-74(79)60-55-50-45-39-23-20-17-14-11-7-2/h68-71,76H,6-67H2,1-5H3,(H,81,82)(H,83,84)/t68?,69-,70+,71+/m0/s1. The van der Waals surface area contributed by atoms with E-state index in [9.17, 15) is 43.2 Å². The molecule has 6 atom stereocenters. The number of phosphoric ester groups is 2. The van der Waals surface area contributed by atoms with E-state index in [1.165, 1.54) is 218 Å². The molecule has 3 unspecified atom stereocenters. The highest BCUT2D eigenvalue weighted by Gasteiger charge is 2.30. The molecule has 558 valence electrons. The van der Waals surface area contributed by atoms with Crippen LogP contribution in [0, 0.1) is 5.92 Å². The molecule has 0 aliphatic carbocycles. The second-order valence-electron chi connectivity index (χ2n) is 27.3. The summed E-state index contributed by atoms with van der Waals surface area (Å²) in [6.07, 6.45) is 56.9. The fourth-order valence-electron chi connectivity index (χ4n) is 11.5. The Morgan fingerprint density at radius 2 is 0.511 bits per heavy atom. The molecule has 0 aliphatic rings. The van der Waals surface area contributed by atoms with E-state index in [0.29, 0.717) is 25.7 Å². The van der Waals surface area contributed by atoms with E-state index >= 15 is 0 Å². The van der Waals surface area contributed by atoms with Crippen LogP contribution in [-0.4, -0.2) is 96.7 Å². The topological polar surface area (TPSA) is 237 Å². The molecule has 94 heavy (non-hydrogen) atoms. The van der Waals surface area contributed by atoms with Gasteiger partial charge < -0.3 is 33.8 Å². The van der Waals surface area contributed by atoms with Crippen molar-refractivity contribution >= 4 is 39.5 Å². The molecule has 0 fully saturated rings. The Kier molecular flexibility index (Phi) is 66.8. The van der Waals surface area contributed by atoms with Crippen LogP contribution < -0.4 is 0 Å². The fraction of sp³-hybridized carbons (Fsp3) is 0.947. The molecule has 0 heterocycles. The van der Waals surface area contributed by atoms with E-state index in [1.54, 1.807) is 0 Å². The van der Waals surface area contributed by atoms with Gasteiger partial charge in [-0.05, 0) is 31.6 Å². The molecule has 0 aromatic heterocycles. The molecule has 0 saturated carbocycles. The van der Waals surface area contributed by atoms with E-state index in [-0.39, 0.29) is 25.7 Å². The molecule has 0 radical (unpaired) electrons. The third kappa shape index (κ3) is 67.3. The van der Waals surface area contributed by atoms with Crippen molar-refractivity contribution in [2.24, 2.45) is 5.92 Å². The van der Waals surface area contributed by atoms with Crippen LogP contribution in [-0.2, 0) is 65.4 Å². The maximum absolute atomic E-state index is 13.1. The van der Waals surface area contributed by atoms with Crippen molar-refractivity contribution in [3.8, 4) is 0 Å². The van der Waals surface area contributed by atoms with Crippen LogP contribution in [0.15, 0.2) is 0 Å². The summed E-state index contributed by atoms with van der Waals surface area (Å²) in [5, 5.41) is 10.6. The third-order valence-corrected chi connectivity index (χ3v) is 19.8. The normalized spacial score (nSPS) is 14.3. The van der Waals surface area contributed by atoms with E-state index in [2.05, 4.69) is 34.6 Å². The van der Waals surface area contributed by atoms with Crippen LogP contribution in [0.2, 0.25) is 0 Å². The maximum Gasteiger partial charge on any atom is 0.472 e. The highest BCUT2D eigenvalue weighted by atomic mass is 31.2. The Hall–Kier alpha value is -1.94. The van der Waals surface area contributed by atoms with Crippen molar-refractivity contribution in [3.05, 3.63) is 0 Å². The number of hydrogen-bond acceptors (Lipinski definition) is 15. The second-order valence-corrected chi connectivity index (χ2v) is 30.2. The zero-order valence-electron chi connectivity index (χ0n) is 61.1. The molecule has 0 aromatic carbocycles.